The zero-order chi connectivity index (χ0) is 30.8. The number of hydrogen-bond donors (Lipinski definition) is 0. The molecule has 4 rings (SSSR count). The molecule has 1 aliphatic carbocycles. The van der Waals surface area contributed by atoms with Crippen molar-refractivity contribution in [1.29, 1.82) is 0 Å². The molecule has 0 amide bonds. The first-order valence-electron chi connectivity index (χ1n) is 12.9. The molecule has 0 bridgehead atoms. The lowest BCUT2D eigenvalue weighted by atomic mass is 9.79. The lowest BCUT2D eigenvalue weighted by molar-refractivity contribution is -0.190. The molecule has 42 heavy (non-hydrogen) atoms. The summed E-state index contributed by atoms with van der Waals surface area (Å²) in [6, 6.07) is 2.53. The van der Waals surface area contributed by atoms with Crippen molar-refractivity contribution in [2.75, 3.05) is 13.2 Å². The Morgan fingerprint density at radius 2 is 1.21 bits per heavy atom. The summed E-state index contributed by atoms with van der Waals surface area (Å²) in [5.74, 6) is -13.0. The van der Waals surface area contributed by atoms with Gasteiger partial charge in [0.05, 0.1) is 0 Å². The van der Waals surface area contributed by atoms with Crippen LogP contribution in [0, 0.1) is 40.8 Å². The standard InChI is InChI=1S/C29H24F10O3/c1-2-40-14-15-3-5-16(6-4-15)17-9-22(31)26(23(32)10-17)29(38,39)41-18-7-8-20(21(30)11-18)28(36,37)42-19-12-24(33)27(35)25(34)13-19/h7-13,15-16H,2-6,14H2,1H3. The second-order valence-corrected chi connectivity index (χ2v) is 9.82. The minimum Gasteiger partial charge on any atom is -0.429 e. The van der Waals surface area contributed by atoms with Crippen LogP contribution in [-0.4, -0.2) is 13.2 Å². The van der Waals surface area contributed by atoms with Crippen LogP contribution in [0.25, 0.3) is 0 Å². The highest BCUT2D eigenvalue weighted by molar-refractivity contribution is 5.35. The lowest BCUT2D eigenvalue weighted by Gasteiger charge is -2.29. The van der Waals surface area contributed by atoms with Gasteiger partial charge in [-0.15, -0.1) is 0 Å². The number of benzene rings is 3. The molecule has 3 aromatic carbocycles. The van der Waals surface area contributed by atoms with E-state index in [0.717, 1.165) is 25.0 Å². The summed E-state index contributed by atoms with van der Waals surface area (Å²) in [5, 5.41) is 0. The molecule has 1 fully saturated rings. The fourth-order valence-electron chi connectivity index (χ4n) is 4.84. The quantitative estimate of drug-likeness (QED) is 0.169. The molecule has 228 valence electrons. The number of halogens is 10. The highest BCUT2D eigenvalue weighted by atomic mass is 19.3. The Morgan fingerprint density at radius 1 is 0.667 bits per heavy atom. The molecule has 0 saturated heterocycles. The maximum absolute atomic E-state index is 14.9. The second kappa shape index (κ2) is 12.4. The number of rotatable bonds is 10. The molecule has 3 aromatic rings. The van der Waals surface area contributed by atoms with E-state index in [1.165, 1.54) is 0 Å². The van der Waals surface area contributed by atoms with Crippen molar-refractivity contribution < 1.29 is 58.1 Å². The molecule has 0 heterocycles. The maximum Gasteiger partial charge on any atom is 0.432 e. The smallest absolute Gasteiger partial charge is 0.429 e. The van der Waals surface area contributed by atoms with Gasteiger partial charge < -0.3 is 14.2 Å². The van der Waals surface area contributed by atoms with Crippen LogP contribution >= 0.6 is 0 Å². The third-order valence-electron chi connectivity index (χ3n) is 6.93. The molecular formula is C29H24F10O3. The molecule has 3 nitrogen and oxygen atoms in total. The average Bonchev–Trinajstić information content (AvgIpc) is 2.89. The Bertz CT molecular complexity index is 1370. The van der Waals surface area contributed by atoms with Gasteiger partial charge in [-0.3, -0.25) is 0 Å². The summed E-state index contributed by atoms with van der Waals surface area (Å²) in [6.45, 7) is 2.99. The van der Waals surface area contributed by atoms with Crippen molar-refractivity contribution in [3.8, 4) is 11.5 Å². The minimum atomic E-state index is -4.68. The predicted molar refractivity (Wildman–Crippen MR) is 129 cm³/mol. The van der Waals surface area contributed by atoms with Crippen molar-refractivity contribution in [3.05, 3.63) is 94.1 Å². The van der Waals surface area contributed by atoms with Gasteiger partial charge in [-0.05, 0) is 74.3 Å². The Kier molecular flexibility index (Phi) is 9.29. The summed E-state index contributed by atoms with van der Waals surface area (Å²) >= 11 is 0. The zero-order valence-electron chi connectivity index (χ0n) is 21.9. The van der Waals surface area contributed by atoms with Crippen molar-refractivity contribution in [2.45, 2.75) is 50.7 Å². The molecule has 0 aromatic heterocycles. The average molecular weight is 610 g/mol. The van der Waals surface area contributed by atoms with Gasteiger partial charge >= 0.3 is 12.2 Å². The Morgan fingerprint density at radius 3 is 1.76 bits per heavy atom. The van der Waals surface area contributed by atoms with E-state index in [1.54, 1.807) is 0 Å². The molecule has 1 saturated carbocycles. The van der Waals surface area contributed by atoms with Gasteiger partial charge in [0.15, 0.2) is 17.5 Å². The van der Waals surface area contributed by atoms with Crippen LogP contribution in [0.4, 0.5) is 43.9 Å². The summed E-state index contributed by atoms with van der Waals surface area (Å²) in [7, 11) is 0. The monoisotopic (exact) mass is 610 g/mol. The van der Waals surface area contributed by atoms with Gasteiger partial charge in [0, 0.05) is 31.4 Å². The maximum atomic E-state index is 14.9. The van der Waals surface area contributed by atoms with Crippen molar-refractivity contribution in [3.63, 3.8) is 0 Å². The molecule has 13 heteroatoms. The Balaban J connectivity index is 1.49. The minimum absolute atomic E-state index is 0.0806. The first-order chi connectivity index (χ1) is 19.7. The largest absolute Gasteiger partial charge is 0.432 e. The molecule has 0 unspecified atom stereocenters. The predicted octanol–water partition coefficient (Wildman–Crippen LogP) is 9.09. The Hall–Kier alpha value is -3.48. The topological polar surface area (TPSA) is 27.7 Å². The van der Waals surface area contributed by atoms with Gasteiger partial charge in [0.25, 0.3) is 0 Å². The van der Waals surface area contributed by atoms with Gasteiger partial charge in [0.2, 0.25) is 0 Å². The number of hydrogen-bond acceptors (Lipinski definition) is 3. The first kappa shape index (κ1) is 31.5. The van der Waals surface area contributed by atoms with Crippen LogP contribution < -0.4 is 9.47 Å². The van der Waals surface area contributed by atoms with E-state index in [-0.39, 0.29) is 35.7 Å². The molecule has 0 radical (unpaired) electrons. The first-order valence-corrected chi connectivity index (χ1v) is 12.9. The molecule has 0 N–H and O–H groups in total. The SMILES string of the molecule is CCOCC1CCC(c2cc(F)c(C(F)(F)Oc3ccc(C(F)(F)Oc4cc(F)c(F)c(F)c4)c(F)c3)c(F)c2)CC1. The summed E-state index contributed by atoms with van der Waals surface area (Å²) in [5.41, 5.74) is -3.13. The normalized spacial score (nSPS) is 17.8. The van der Waals surface area contributed by atoms with Gasteiger partial charge in [-0.1, -0.05) is 0 Å². The zero-order valence-corrected chi connectivity index (χ0v) is 21.9. The van der Waals surface area contributed by atoms with E-state index < -0.39 is 69.7 Å². The van der Waals surface area contributed by atoms with Gasteiger partial charge in [0.1, 0.15) is 40.1 Å². The van der Waals surface area contributed by atoms with Gasteiger partial charge in [-0.25, -0.2) is 26.3 Å². The molecular weight excluding hydrogens is 586 g/mol. The second-order valence-electron chi connectivity index (χ2n) is 9.82. The lowest BCUT2D eigenvalue weighted by Crippen LogP contribution is -2.26. The van der Waals surface area contributed by atoms with E-state index in [9.17, 15) is 43.9 Å². The third-order valence-corrected chi connectivity index (χ3v) is 6.93. The van der Waals surface area contributed by atoms with E-state index in [1.807, 2.05) is 6.92 Å². The van der Waals surface area contributed by atoms with Crippen molar-refractivity contribution in [2.24, 2.45) is 5.92 Å². The van der Waals surface area contributed by atoms with E-state index in [0.29, 0.717) is 38.0 Å². The van der Waals surface area contributed by atoms with Gasteiger partial charge in [-0.2, -0.15) is 17.6 Å². The van der Waals surface area contributed by atoms with E-state index in [4.69, 9.17) is 4.74 Å². The highest BCUT2D eigenvalue weighted by Crippen LogP contribution is 2.41. The van der Waals surface area contributed by atoms with Crippen LogP contribution in [0.5, 0.6) is 11.5 Å². The van der Waals surface area contributed by atoms with Crippen LogP contribution in [0.2, 0.25) is 0 Å². The third kappa shape index (κ3) is 6.93. The molecule has 1 aliphatic rings. The molecule has 0 atom stereocenters. The van der Waals surface area contributed by atoms with Crippen molar-refractivity contribution >= 4 is 0 Å². The fraction of sp³-hybridized carbons (Fsp3) is 0.379. The molecule has 0 aliphatic heterocycles. The van der Waals surface area contributed by atoms with Crippen molar-refractivity contribution in [1.82, 2.24) is 0 Å². The van der Waals surface area contributed by atoms with Crippen LogP contribution in [0.1, 0.15) is 55.2 Å². The summed E-state index contributed by atoms with van der Waals surface area (Å²) in [4.78, 5) is 0. The number of ether oxygens (including phenoxy) is 3. The van der Waals surface area contributed by atoms with Crippen LogP contribution in [0.3, 0.4) is 0 Å². The van der Waals surface area contributed by atoms with E-state index in [2.05, 4.69) is 9.47 Å². The summed E-state index contributed by atoms with van der Waals surface area (Å²) in [6.07, 6.45) is -6.67. The van der Waals surface area contributed by atoms with E-state index >= 15 is 0 Å². The van der Waals surface area contributed by atoms with Crippen LogP contribution in [0.15, 0.2) is 42.5 Å². The fourth-order valence-corrected chi connectivity index (χ4v) is 4.84. The Labute approximate surface area is 234 Å². The summed E-state index contributed by atoms with van der Waals surface area (Å²) < 4.78 is 156. The number of alkyl halides is 4. The molecule has 0 spiro atoms. The van der Waals surface area contributed by atoms with Crippen LogP contribution in [-0.2, 0) is 17.0 Å². The highest BCUT2D eigenvalue weighted by Gasteiger charge is 2.43.